The van der Waals surface area contributed by atoms with Gasteiger partial charge in [0, 0.05) is 31.1 Å². The molecule has 2 rings (SSSR count). The van der Waals surface area contributed by atoms with Crippen LogP contribution in [0, 0.1) is 0 Å². The minimum atomic E-state index is 0. The summed E-state index contributed by atoms with van der Waals surface area (Å²) in [6.07, 6.45) is 2.75. The van der Waals surface area contributed by atoms with Crippen LogP contribution in [0.2, 0.25) is 5.02 Å². The molecule has 0 atom stereocenters. The standard InChI is InChI=1S/C14H19ClN2O.ClH/c15-13-6-2-1-5-12(13)11-16-8-4-10-17-9-3-7-14(17)18;/h1-2,5-6,16H,3-4,7-11H2;1H. The first-order valence-electron chi connectivity index (χ1n) is 6.49. The summed E-state index contributed by atoms with van der Waals surface area (Å²) in [6.45, 7) is 3.50. The number of hydrogen-bond acceptors (Lipinski definition) is 2. The third kappa shape index (κ3) is 5.01. The molecule has 1 saturated heterocycles. The molecule has 106 valence electrons. The van der Waals surface area contributed by atoms with E-state index in [1.807, 2.05) is 29.2 Å². The van der Waals surface area contributed by atoms with Crippen LogP contribution < -0.4 is 5.32 Å². The van der Waals surface area contributed by atoms with Crippen molar-refractivity contribution in [2.24, 2.45) is 0 Å². The van der Waals surface area contributed by atoms with Crippen LogP contribution in [-0.4, -0.2) is 30.4 Å². The number of halogens is 2. The van der Waals surface area contributed by atoms with Gasteiger partial charge in [0.25, 0.3) is 0 Å². The second-order valence-corrected chi connectivity index (χ2v) is 5.01. The topological polar surface area (TPSA) is 32.3 Å². The van der Waals surface area contributed by atoms with Gasteiger partial charge in [0.2, 0.25) is 5.91 Å². The number of likely N-dealkylation sites (tertiary alicyclic amines) is 1. The summed E-state index contributed by atoms with van der Waals surface area (Å²) in [6, 6.07) is 7.86. The summed E-state index contributed by atoms with van der Waals surface area (Å²) in [4.78, 5) is 13.3. The Morgan fingerprint density at radius 2 is 2.11 bits per heavy atom. The maximum Gasteiger partial charge on any atom is 0.222 e. The molecule has 1 aliphatic rings. The van der Waals surface area contributed by atoms with Crippen LogP contribution in [0.25, 0.3) is 0 Å². The van der Waals surface area contributed by atoms with Gasteiger partial charge < -0.3 is 10.2 Å². The van der Waals surface area contributed by atoms with E-state index in [0.29, 0.717) is 5.91 Å². The van der Waals surface area contributed by atoms with Crippen LogP contribution in [-0.2, 0) is 11.3 Å². The summed E-state index contributed by atoms with van der Waals surface area (Å²) in [5.74, 6) is 0.307. The van der Waals surface area contributed by atoms with Crippen molar-refractivity contribution >= 4 is 29.9 Å². The highest BCUT2D eigenvalue weighted by Crippen LogP contribution is 2.14. The van der Waals surface area contributed by atoms with E-state index in [9.17, 15) is 4.79 Å². The highest BCUT2D eigenvalue weighted by Gasteiger charge is 2.18. The quantitative estimate of drug-likeness (QED) is 0.820. The van der Waals surface area contributed by atoms with Crippen molar-refractivity contribution in [3.63, 3.8) is 0 Å². The minimum Gasteiger partial charge on any atom is -0.343 e. The molecule has 0 bridgehead atoms. The molecule has 1 aliphatic heterocycles. The van der Waals surface area contributed by atoms with Gasteiger partial charge in [-0.2, -0.15) is 0 Å². The van der Waals surface area contributed by atoms with Crippen LogP contribution >= 0.6 is 24.0 Å². The molecule has 1 fully saturated rings. The number of nitrogens with one attached hydrogen (secondary N) is 1. The first-order chi connectivity index (χ1) is 8.77. The van der Waals surface area contributed by atoms with Crippen LogP contribution in [0.15, 0.2) is 24.3 Å². The zero-order valence-corrected chi connectivity index (χ0v) is 12.5. The molecule has 1 N–H and O–H groups in total. The summed E-state index contributed by atoms with van der Waals surface area (Å²) in [7, 11) is 0. The average molecular weight is 303 g/mol. The molecule has 19 heavy (non-hydrogen) atoms. The van der Waals surface area contributed by atoms with E-state index >= 15 is 0 Å². The molecular weight excluding hydrogens is 283 g/mol. The fourth-order valence-corrected chi connectivity index (χ4v) is 2.40. The molecule has 0 aromatic heterocycles. The van der Waals surface area contributed by atoms with Crippen molar-refractivity contribution in [2.45, 2.75) is 25.8 Å². The van der Waals surface area contributed by atoms with E-state index in [1.54, 1.807) is 0 Å². The Balaban J connectivity index is 0.00000180. The molecule has 0 spiro atoms. The summed E-state index contributed by atoms with van der Waals surface area (Å²) >= 11 is 6.07. The fraction of sp³-hybridized carbons (Fsp3) is 0.500. The zero-order valence-electron chi connectivity index (χ0n) is 10.9. The third-order valence-electron chi connectivity index (χ3n) is 3.23. The van der Waals surface area contributed by atoms with Gasteiger partial charge in [-0.1, -0.05) is 29.8 Å². The lowest BCUT2D eigenvalue weighted by Crippen LogP contribution is -2.28. The van der Waals surface area contributed by atoms with Gasteiger partial charge >= 0.3 is 0 Å². The Hall–Kier alpha value is -0.770. The third-order valence-corrected chi connectivity index (χ3v) is 3.59. The molecule has 0 aliphatic carbocycles. The molecular formula is C14H20Cl2N2O. The number of rotatable bonds is 6. The molecule has 1 heterocycles. The smallest absolute Gasteiger partial charge is 0.222 e. The molecule has 1 aromatic rings. The highest BCUT2D eigenvalue weighted by atomic mass is 35.5. The van der Waals surface area contributed by atoms with Crippen LogP contribution in [0.5, 0.6) is 0 Å². The maximum atomic E-state index is 11.4. The normalized spacial score (nSPS) is 14.6. The van der Waals surface area contributed by atoms with Crippen LogP contribution in [0.4, 0.5) is 0 Å². The molecule has 0 radical (unpaired) electrons. The van der Waals surface area contributed by atoms with Crippen molar-refractivity contribution in [1.29, 1.82) is 0 Å². The van der Waals surface area contributed by atoms with Crippen LogP contribution in [0.3, 0.4) is 0 Å². The number of hydrogen-bond donors (Lipinski definition) is 1. The van der Waals surface area contributed by atoms with Gasteiger partial charge in [-0.15, -0.1) is 12.4 Å². The monoisotopic (exact) mass is 302 g/mol. The lowest BCUT2D eigenvalue weighted by Gasteiger charge is -2.15. The van der Waals surface area contributed by atoms with Crippen molar-refractivity contribution in [2.75, 3.05) is 19.6 Å². The summed E-state index contributed by atoms with van der Waals surface area (Å²) in [5.41, 5.74) is 1.12. The molecule has 5 heteroatoms. The average Bonchev–Trinajstić information content (AvgIpc) is 2.77. The lowest BCUT2D eigenvalue weighted by atomic mass is 10.2. The highest BCUT2D eigenvalue weighted by molar-refractivity contribution is 6.31. The van der Waals surface area contributed by atoms with Gasteiger partial charge in [-0.25, -0.2) is 0 Å². The predicted octanol–water partition coefficient (Wildman–Crippen LogP) is 2.86. The van der Waals surface area contributed by atoms with Crippen molar-refractivity contribution in [1.82, 2.24) is 10.2 Å². The Bertz CT molecular complexity index is 412. The fourth-order valence-electron chi connectivity index (χ4n) is 2.20. The molecule has 3 nitrogen and oxygen atoms in total. The van der Waals surface area contributed by atoms with Gasteiger partial charge in [0.15, 0.2) is 0 Å². The summed E-state index contributed by atoms with van der Waals surface area (Å²) in [5, 5.41) is 4.16. The lowest BCUT2D eigenvalue weighted by molar-refractivity contribution is -0.127. The predicted molar refractivity (Wildman–Crippen MR) is 80.8 cm³/mol. The number of carbonyl (C=O) groups excluding carboxylic acids is 1. The SMILES string of the molecule is Cl.O=C1CCCN1CCCNCc1ccccc1Cl. The van der Waals surface area contributed by atoms with Crippen molar-refractivity contribution < 1.29 is 4.79 Å². The van der Waals surface area contributed by atoms with Crippen molar-refractivity contribution in [3.05, 3.63) is 34.9 Å². The Morgan fingerprint density at radius 1 is 1.32 bits per heavy atom. The van der Waals surface area contributed by atoms with Gasteiger partial charge in [-0.05, 0) is 31.0 Å². The largest absolute Gasteiger partial charge is 0.343 e. The van der Waals surface area contributed by atoms with Gasteiger partial charge in [0.1, 0.15) is 0 Å². The van der Waals surface area contributed by atoms with Crippen LogP contribution in [0.1, 0.15) is 24.8 Å². The Morgan fingerprint density at radius 3 is 2.79 bits per heavy atom. The zero-order chi connectivity index (χ0) is 12.8. The number of benzene rings is 1. The first kappa shape index (κ1) is 16.3. The van der Waals surface area contributed by atoms with Crippen molar-refractivity contribution in [3.8, 4) is 0 Å². The number of carbonyl (C=O) groups is 1. The summed E-state index contributed by atoms with van der Waals surface area (Å²) < 4.78 is 0. The van der Waals surface area contributed by atoms with E-state index in [1.165, 1.54) is 0 Å². The van der Waals surface area contributed by atoms with E-state index in [0.717, 1.165) is 56.0 Å². The molecule has 1 aromatic carbocycles. The van der Waals surface area contributed by atoms with Gasteiger partial charge in [0.05, 0.1) is 0 Å². The molecule has 0 saturated carbocycles. The molecule has 1 amide bonds. The Kier molecular flexibility index (Phi) is 7.21. The second kappa shape index (κ2) is 8.41. The number of amides is 1. The number of nitrogens with zero attached hydrogens (tertiary/aromatic N) is 1. The van der Waals surface area contributed by atoms with Gasteiger partial charge in [-0.3, -0.25) is 4.79 Å². The van der Waals surface area contributed by atoms with E-state index < -0.39 is 0 Å². The van der Waals surface area contributed by atoms with E-state index in [4.69, 9.17) is 11.6 Å². The maximum absolute atomic E-state index is 11.4. The first-order valence-corrected chi connectivity index (χ1v) is 6.87. The minimum absolute atomic E-state index is 0. The van der Waals surface area contributed by atoms with E-state index in [2.05, 4.69) is 5.32 Å². The Labute approximate surface area is 125 Å². The molecule has 0 unspecified atom stereocenters. The second-order valence-electron chi connectivity index (χ2n) is 4.61. The van der Waals surface area contributed by atoms with E-state index in [-0.39, 0.29) is 12.4 Å².